The van der Waals surface area contributed by atoms with Gasteiger partial charge in [0, 0.05) is 32.1 Å². The first-order chi connectivity index (χ1) is 10.8. The number of rotatable bonds is 4. The average molecular weight is 326 g/mol. The molecule has 2 aliphatic rings. The molecule has 6 nitrogen and oxygen atoms in total. The van der Waals surface area contributed by atoms with Crippen LogP contribution in [0.5, 0.6) is 0 Å². The lowest BCUT2D eigenvalue weighted by Gasteiger charge is -2.37. The lowest BCUT2D eigenvalue weighted by atomic mass is 10.1. The van der Waals surface area contributed by atoms with Crippen molar-refractivity contribution in [1.29, 1.82) is 0 Å². The normalized spacial score (nSPS) is 22.9. The zero-order valence-corrected chi connectivity index (χ0v) is 14.6. The predicted octanol–water partition coefficient (Wildman–Crippen LogP) is 2.46. The summed E-state index contributed by atoms with van der Waals surface area (Å²) in [5.41, 5.74) is -0.506. The van der Waals surface area contributed by atoms with Crippen LogP contribution in [0, 0.1) is 0 Å². The monoisotopic (exact) mass is 326 g/mol. The van der Waals surface area contributed by atoms with E-state index in [1.54, 1.807) is 4.90 Å². The van der Waals surface area contributed by atoms with Gasteiger partial charge < -0.3 is 19.7 Å². The molecule has 0 bridgehead atoms. The first kappa shape index (κ1) is 18.0. The second kappa shape index (κ2) is 7.99. The summed E-state index contributed by atoms with van der Waals surface area (Å²) >= 11 is 0. The van der Waals surface area contributed by atoms with Crippen molar-refractivity contribution in [1.82, 2.24) is 10.2 Å². The molecule has 23 heavy (non-hydrogen) atoms. The topological polar surface area (TPSA) is 67.9 Å². The molecule has 0 radical (unpaired) electrons. The van der Waals surface area contributed by atoms with Gasteiger partial charge in [-0.15, -0.1) is 0 Å². The van der Waals surface area contributed by atoms with E-state index in [9.17, 15) is 9.59 Å². The molecule has 0 aromatic carbocycles. The summed E-state index contributed by atoms with van der Waals surface area (Å²) in [6.07, 6.45) is 5.04. The summed E-state index contributed by atoms with van der Waals surface area (Å²) in [4.78, 5) is 26.0. The van der Waals surface area contributed by atoms with Gasteiger partial charge in [-0.2, -0.15) is 0 Å². The van der Waals surface area contributed by atoms with Crippen LogP contribution >= 0.6 is 0 Å². The smallest absolute Gasteiger partial charge is 0.410 e. The molecular formula is C17H30N2O4. The third kappa shape index (κ3) is 6.01. The maximum absolute atomic E-state index is 12.3. The fourth-order valence-corrected chi connectivity index (χ4v) is 3.12. The van der Waals surface area contributed by atoms with Crippen molar-refractivity contribution >= 4 is 12.1 Å². The van der Waals surface area contributed by atoms with E-state index in [4.69, 9.17) is 9.47 Å². The van der Waals surface area contributed by atoms with E-state index in [2.05, 4.69) is 5.32 Å². The van der Waals surface area contributed by atoms with Crippen molar-refractivity contribution in [3.63, 3.8) is 0 Å². The SMILES string of the molecule is CC(C)(C)OC(=O)N1CCNCC1CCC(=O)OC1CCCC1. The van der Waals surface area contributed by atoms with Gasteiger partial charge in [0.25, 0.3) is 0 Å². The van der Waals surface area contributed by atoms with Crippen molar-refractivity contribution in [2.45, 2.75) is 77.0 Å². The molecule has 0 spiro atoms. The van der Waals surface area contributed by atoms with E-state index >= 15 is 0 Å². The van der Waals surface area contributed by atoms with Crippen LogP contribution in [0.3, 0.4) is 0 Å². The Morgan fingerprint density at radius 2 is 1.91 bits per heavy atom. The van der Waals surface area contributed by atoms with Gasteiger partial charge in [-0.25, -0.2) is 4.79 Å². The Morgan fingerprint density at radius 3 is 2.57 bits per heavy atom. The minimum atomic E-state index is -0.506. The first-order valence-corrected chi connectivity index (χ1v) is 8.75. The number of nitrogens with one attached hydrogen (secondary N) is 1. The van der Waals surface area contributed by atoms with Gasteiger partial charge in [0.2, 0.25) is 0 Å². The number of carbonyl (C=O) groups excluding carboxylic acids is 2. The largest absolute Gasteiger partial charge is 0.462 e. The van der Waals surface area contributed by atoms with Gasteiger partial charge in [-0.3, -0.25) is 4.79 Å². The Balaban J connectivity index is 1.80. The Bertz CT molecular complexity index is 413. The van der Waals surface area contributed by atoms with Crippen LogP contribution in [-0.2, 0) is 14.3 Å². The third-order valence-corrected chi connectivity index (χ3v) is 4.26. The van der Waals surface area contributed by atoms with Crippen LogP contribution in [0.1, 0.15) is 59.3 Å². The first-order valence-electron chi connectivity index (χ1n) is 8.75. The van der Waals surface area contributed by atoms with E-state index < -0.39 is 5.60 Å². The molecule has 1 aliphatic carbocycles. The number of ether oxygens (including phenoxy) is 2. The number of hydrogen-bond donors (Lipinski definition) is 1. The number of carbonyl (C=O) groups is 2. The van der Waals surface area contributed by atoms with Crippen LogP contribution in [0.2, 0.25) is 0 Å². The number of hydrogen-bond acceptors (Lipinski definition) is 5. The highest BCUT2D eigenvalue weighted by Gasteiger charge is 2.31. The predicted molar refractivity (Wildman–Crippen MR) is 87.2 cm³/mol. The zero-order chi connectivity index (χ0) is 16.9. The summed E-state index contributed by atoms with van der Waals surface area (Å²) in [7, 11) is 0. The summed E-state index contributed by atoms with van der Waals surface area (Å²) in [6.45, 7) is 7.64. The molecule has 1 saturated heterocycles. The van der Waals surface area contributed by atoms with E-state index in [0.717, 1.165) is 32.2 Å². The molecule has 0 aromatic rings. The number of piperazine rings is 1. The van der Waals surface area contributed by atoms with Gasteiger partial charge >= 0.3 is 12.1 Å². The highest BCUT2D eigenvalue weighted by atomic mass is 16.6. The second-order valence-electron chi connectivity index (χ2n) is 7.47. The van der Waals surface area contributed by atoms with Crippen LogP contribution in [-0.4, -0.2) is 54.3 Å². The number of nitrogens with zero attached hydrogens (tertiary/aromatic N) is 1. The molecule has 1 aliphatic heterocycles. The van der Waals surface area contributed by atoms with Crippen LogP contribution in [0.15, 0.2) is 0 Å². The van der Waals surface area contributed by atoms with Gasteiger partial charge in [-0.05, 0) is 52.9 Å². The Labute approximate surface area is 138 Å². The van der Waals surface area contributed by atoms with E-state index in [-0.39, 0.29) is 24.2 Å². The molecule has 1 unspecified atom stereocenters. The van der Waals surface area contributed by atoms with Crippen LogP contribution in [0.4, 0.5) is 4.79 Å². The molecule has 2 fully saturated rings. The summed E-state index contributed by atoms with van der Waals surface area (Å²) < 4.78 is 10.9. The lowest BCUT2D eigenvalue weighted by Crippen LogP contribution is -2.54. The second-order valence-corrected chi connectivity index (χ2v) is 7.47. The highest BCUT2D eigenvalue weighted by molar-refractivity contribution is 5.70. The minimum absolute atomic E-state index is 0.0188. The Kier molecular flexibility index (Phi) is 6.27. The molecule has 1 atom stereocenters. The van der Waals surface area contributed by atoms with Crippen molar-refractivity contribution in [2.75, 3.05) is 19.6 Å². The lowest BCUT2D eigenvalue weighted by molar-refractivity contribution is -0.149. The van der Waals surface area contributed by atoms with Gasteiger partial charge in [0.1, 0.15) is 11.7 Å². The van der Waals surface area contributed by atoms with Crippen LogP contribution in [0.25, 0.3) is 0 Å². The molecule has 0 aromatic heterocycles. The summed E-state index contributed by atoms with van der Waals surface area (Å²) in [6, 6.07) is -0.0188. The molecule has 2 rings (SSSR count). The molecule has 1 saturated carbocycles. The Morgan fingerprint density at radius 1 is 1.22 bits per heavy atom. The van der Waals surface area contributed by atoms with Gasteiger partial charge in [0.05, 0.1) is 0 Å². The van der Waals surface area contributed by atoms with Crippen LogP contribution < -0.4 is 5.32 Å². The molecule has 1 N–H and O–H groups in total. The van der Waals surface area contributed by atoms with Gasteiger partial charge in [-0.1, -0.05) is 0 Å². The van der Waals surface area contributed by atoms with Crippen molar-refractivity contribution in [2.24, 2.45) is 0 Å². The zero-order valence-electron chi connectivity index (χ0n) is 14.6. The molecular weight excluding hydrogens is 296 g/mol. The van der Waals surface area contributed by atoms with Crippen molar-refractivity contribution in [3.8, 4) is 0 Å². The van der Waals surface area contributed by atoms with E-state index in [1.807, 2.05) is 20.8 Å². The molecule has 1 heterocycles. The summed E-state index contributed by atoms with van der Waals surface area (Å²) in [5.74, 6) is -0.147. The molecule has 6 heteroatoms. The maximum atomic E-state index is 12.3. The molecule has 1 amide bonds. The summed E-state index contributed by atoms with van der Waals surface area (Å²) in [5, 5.41) is 3.28. The quantitative estimate of drug-likeness (QED) is 0.804. The number of amides is 1. The van der Waals surface area contributed by atoms with Gasteiger partial charge in [0.15, 0.2) is 0 Å². The Hall–Kier alpha value is -1.30. The number of esters is 1. The third-order valence-electron chi connectivity index (χ3n) is 4.26. The fraction of sp³-hybridized carbons (Fsp3) is 0.882. The van der Waals surface area contributed by atoms with E-state index in [0.29, 0.717) is 25.9 Å². The molecule has 132 valence electrons. The average Bonchev–Trinajstić information content (AvgIpc) is 2.96. The standard InChI is InChI=1S/C17H30N2O4/c1-17(2,3)23-16(21)19-11-10-18-12-13(19)8-9-15(20)22-14-6-4-5-7-14/h13-14,18H,4-12H2,1-3H3. The van der Waals surface area contributed by atoms with Crippen molar-refractivity contribution in [3.05, 3.63) is 0 Å². The minimum Gasteiger partial charge on any atom is -0.462 e. The van der Waals surface area contributed by atoms with Crippen molar-refractivity contribution < 1.29 is 19.1 Å². The fourth-order valence-electron chi connectivity index (χ4n) is 3.12. The van der Waals surface area contributed by atoms with E-state index in [1.165, 1.54) is 0 Å². The maximum Gasteiger partial charge on any atom is 0.410 e. The highest BCUT2D eigenvalue weighted by Crippen LogP contribution is 2.22.